The molecule has 2 heterocycles. The van der Waals surface area contributed by atoms with Crippen molar-refractivity contribution in [1.29, 1.82) is 0 Å². The van der Waals surface area contributed by atoms with Crippen LogP contribution >= 0.6 is 12.2 Å². The largest absolute Gasteiger partial charge is 0.362 e. The van der Waals surface area contributed by atoms with Gasteiger partial charge in [-0.3, -0.25) is 9.58 Å². The maximum Gasteiger partial charge on any atom is 0.169 e. The van der Waals surface area contributed by atoms with Crippen LogP contribution in [-0.4, -0.2) is 57.4 Å². The predicted octanol–water partition coefficient (Wildman–Crippen LogP) is 1.86. The van der Waals surface area contributed by atoms with Crippen LogP contribution in [0.25, 0.3) is 0 Å². The molecule has 22 heavy (non-hydrogen) atoms. The van der Waals surface area contributed by atoms with Gasteiger partial charge in [-0.05, 0) is 32.0 Å². The number of nitrogens with zero attached hydrogens (tertiary/aromatic N) is 4. The second-order valence-corrected chi connectivity index (χ2v) is 6.80. The fourth-order valence-electron chi connectivity index (χ4n) is 2.71. The summed E-state index contributed by atoms with van der Waals surface area (Å²) < 4.78 is 2.07. The lowest BCUT2D eigenvalue weighted by molar-refractivity contribution is 0.174. The molecule has 1 aliphatic rings. The molecule has 1 fully saturated rings. The number of aryl methyl sites for hydroxylation is 1. The Morgan fingerprint density at radius 2 is 2.00 bits per heavy atom. The van der Waals surface area contributed by atoms with Crippen LogP contribution in [0.5, 0.6) is 0 Å². The zero-order valence-electron chi connectivity index (χ0n) is 14.3. The molecule has 124 valence electrons. The molecule has 0 atom stereocenters. The van der Waals surface area contributed by atoms with Crippen LogP contribution in [0.3, 0.4) is 0 Å². The maximum absolute atomic E-state index is 5.48. The fraction of sp³-hybridized carbons (Fsp3) is 0.750. The van der Waals surface area contributed by atoms with Crippen molar-refractivity contribution in [1.82, 2.24) is 24.9 Å². The molecule has 0 aromatic carbocycles. The molecule has 1 aromatic rings. The Balaban J connectivity index is 1.79. The van der Waals surface area contributed by atoms with Crippen LogP contribution in [0, 0.1) is 12.8 Å². The van der Waals surface area contributed by atoms with Gasteiger partial charge in [-0.25, -0.2) is 0 Å². The SMILES string of the molecule is CCn1ncc(CN2CCN(C(=S)NCC(C)C)CC2)c1C. The molecule has 1 saturated heterocycles. The van der Waals surface area contributed by atoms with Crippen molar-refractivity contribution in [3.63, 3.8) is 0 Å². The summed E-state index contributed by atoms with van der Waals surface area (Å²) in [6.45, 7) is 15.7. The zero-order valence-corrected chi connectivity index (χ0v) is 15.1. The smallest absolute Gasteiger partial charge is 0.169 e. The van der Waals surface area contributed by atoms with Crippen molar-refractivity contribution in [3.05, 3.63) is 17.5 Å². The van der Waals surface area contributed by atoms with E-state index in [0.29, 0.717) is 5.92 Å². The third kappa shape index (κ3) is 4.43. The van der Waals surface area contributed by atoms with Crippen molar-refractivity contribution in [2.24, 2.45) is 5.92 Å². The fourth-order valence-corrected chi connectivity index (χ4v) is 2.98. The Kier molecular flexibility index (Phi) is 6.20. The van der Waals surface area contributed by atoms with Crippen LogP contribution in [-0.2, 0) is 13.1 Å². The molecule has 1 aliphatic heterocycles. The summed E-state index contributed by atoms with van der Waals surface area (Å²) in [6.07, 6.45) is 2.01. The van der Waals surface area contributed by atoms with Gasteiger partial charge in [-0.1, -0.05) is 13.8 Å². The van der Waals surface area contributed by atoms with Crippen LogP contribution < -0.4 is 5.32 Å². The molecule has 0 amide bonds. The minimum absolute atomic E-state index is 0.623. The second-order valence-electron chi connectivity index (χ2n) is 6.41. The van der Waals surface area contributed by atoms with Crippen LogP contribution in [0.2, 0.25) is 0 Å². The zero-order chi connectivity index (χ0) is 16.1. The van der Waals surface area contributed by atoms with Crippen molar-refractivity contribution in [2.45, 2.75) is 40.8 Å². The molecular weight excluding hydrogens is 294 g/mol. The molecule has 0 saturated carbocycles. The van der Waals surface area contributed by atoms with E-state index in [0.717, 1.165) is 50.9 Å². The topological polar surface area (TPSA) is 36.3 Å². The molecule has 1 aromatic heterocycles. The van der Waals surface area contributed by atoms with Gasteiger partial charge in [0.2, 0.25) is 0 Å². The van der Waals surface area contributed by atoms with Crippen molar-refractivity contribution < 1.29 is 0 Å². The highest BCUT2D eigenvalue weighted by Crippen LogP contribution is 2.12. The number of nitrogens with one attached hydrogen (secondary N) is 1. The van der Waals surface area contributed by atoms with E-state index in [9.17, 15) is 0 Å². The van der Waals surface area contributed by atoms with Gasteiger partial charge in [0.15, 0.2) is 5.11 Å². The summed E-state index contributed by atoms with van der Waals surface area (Å²) in [5.41, 5.74) is 2.63. The van der Waals surface area contributed by atoms with Gasteiger partial charge in [-0.15, -0.1) is 0 Å². The summed E-state index contributed by atoms with van der Waals surface area (Å²) in [6, 6.07) is 0. The van der Waals surface area contributed by atoms with Gasteiger partial charge in [0.25, 0.3) is 0 Å². The number of rotatable bonds is 5. The average molecular weight is 324 g/mol. The lowest BCUT2D eigenvalue weighted by Gasteiger charge is -2.36. The van der Waals surface area contributed by atoms with Gasteiger partial charge in [0.05, 0.1) is 6.20 Å². The molecule has 5 nitrogen and oxygen atoms in total. The number of piperazine rings is 1. The standard InChI is InChI=1S/C16H29N5S/c1-5-21-14(4)15(11-18-21)12-19-6-8-20(9-7-19)16(22)17-10-13(2)3/h11,13H,5-10,12H2,1-4H3,(H,17,22). The lowest BCUT2D eigenvalue weighted by Crippen LogP contribution is -2.51. The van der Waals surface area contributed by atoms with E-state index in [1.165, 1.54) is 11.3 Å². The summed E-state index contributed by atoms with van der Waals surface area (Å²) in [4.78, 5) is 4.78. The van der Waals surface area contributed by atoms with Gasteiger partial charge >= 0.3 is 0 Å². The van der Waals surface area contributed by atoms with Gasteiger partial charge in [0, 0.05) is 57.1 Å². The minimum Gasteiger partial charge on any atom is -0.362 e. The Bertz CT molecular complexity index is 489. The van der Waals surface area contributed by atoms with E-state index in [2.05, 4.69) is 52.6 Å². The van der Waals surface area contributed by atoms with E-state index in [1.54, 1.807) is 0 Å². The lowest BCUT2D eigenvalue weighted by atomic mass is 10.2. The first-order valence-corrected chi connectivity index (χ1v) is 8.68. The highest BCUT2D eigenvalue weighted by molar-refractivity contribution is 7.80. The molecule has 0 radical (unpaired) electrons. The Morgan fingerprint density at radius 3 is 2.55 bits per heavy atom. The predicted molar refractivity (Wildman–Crippen MR) is 94.9 cm³/mol. The van der Waals surface area contributed by atoms with E-state index in [-0.39, 0.29) is 0 Å². The molecule has 1 N–H and O–H groups in total. The van der Waals surface area contributed by atoms with Gasteiger partial charge in [-0.2, -0.15) is 5.10 Å². The number of aromatic nitrogens is 2. The highest BCUT2D eigenvalue weighted by atomic mass is 32.1. The summed E-state index contributed by atoms with van der Waals surface area (Å²) in [7, 11) is 0. The second kappa shape index (κ2) is 7.92. The first kappa shape index (κ1) is 17.2. The molecule has 0 spiro atoms. The number of thiocarbonyl (C=S) groups is 1. The summed E-state index contributed by atoms with van der Waals surface area (Å²) in [5, 5.41) is 8.70. The Labute approximate surface area is 139 Å². The molecule has 2 rings (SSSR count). The van der Waals surface area contributed by atoms with E-state index in [4.69, 9.17) is 12.2 Å². The first-order chi connectivity index (χ1) is 10.5. The van der Waals surface area contributed by atoms with Crippen LogP contribution in [0.15, 0.2) is 6.20 Å². The van der Waals surface area contributed by atoms with Crippen molar-refractivity contribution in [2.75, 3.05) is 32.7 Å². The summed E-state index contributed by atoms with van der Waals surface area (Å²) >= 11 is 5.48. The highest BCUT2D eigenvalue weighted by Gasteiger charge is 2.20. The Hall–Kier alpha value is -1.14. The average Bonchev–Trinajstić information content (AvgIpc) is 2.86. The molecular formula is C16H29N5S. The van der Waals surface area contributed by atoms with Gasteiger partial charge < -0.3 is 10.2 Å². The minimum atomic E-state index is 0.623. The first-order valence-electron chi connectivity index (χ1n) is 8.27. The normalized spacial score (nSPS) is 16.3. The van der Waals surface area contributed by atoms with Crippen molar-refractivity contribution in [3.8, 4) is 0 Å². The maximum atomic E-state index is 5.48. The van der Waals surface area contributed by atoms with Gasteiger partial charge in [0.1, 0.15) is 0 Å². The van der Waals surface area contributed by atoms with E-state index in [1.807, 2.05) is 6.20 Å². The van der Waals surface area contributed by atoms with E-state index >= 15 is 0 Å². The molecule has 0 unspecified atom stereocenters. The molecule has 0 aliphatic carbocycles. The molecule has 0 bridgehead atoms. The van der Waals surface area contributed by atoms with Crippen LogP contribution in [0.1, 0.15) is 32.0 Å². The summed E-state index contributed by atoms with van der Waals surface area (Å²) in [5.74, 6) is 0.623. The quantitative estimate of drug-likeness (QED) is 0.837. The monoisotopic (exact) mass is 323 g/mol. The van der Waals surface area contributed by atoms with Crippen LogP contribution in [0.4, 0.5) is 0 Å². The third-order valence-corrected chi connectivity index (χ3v) is 4.62. The third-order valence-electron chi connectivity index (χ3n) is 4.22. The van der Waals surface area contributed by atoms with Crippen molar-refractivity contribution >= 4 is 17.3 Å². The molecule has 6 heteroatoms. The number of hydrogen-bond acceptors (Lipinski definition) is 3. The number of hydrogen-bond donors (Lipinski definition) is 1. The Morgan fingerprint density at radius 1 is 1.32 bits per heavy atom. The van der Waals surface area contributed by atoms with E-state index < -0.39 is 0 Å².